The minimum Gasteiger partial charge on any atom is -0.493 e. The van der Waals surface area contributed by atoms with Gasteiger partial charge in [-0.25, -0.2) is 0 Å². The molecule has 0 atom stereocenters. The van der Waals surface area contributed by atoms with E-state index >= 15 is 0 Å². The van der Waals surface area contributed by atoms with E-state index in [2.05, 4.69) is 0 Å². The molecule has 0 radical (unpaired) electrons. The monoisotopic (exact) mass is 206 g/mol. The Hall–Kier alpha value is -1.64. The van der Waals surface area contributed by atoms with Gasteiger partial charge in [-0.2, -0.15) is 0 Å². The molecule has 0 amide bonds. The summed E-state index contributed by atoms with van der Waals surface area (Å²) in [5, 5.41) is 0. The molecule has 1 rings (SSSR count). The van der Waals surface area contributed by atoms with E-state index in [4.69, 9.17) is 4.74 Å². The Bertz CT molecular complexity index is 394. The average molecular weight is 206 g/mol. The Morgan fingerprint density at radius 2 is 2.13 bits per heavy atom. The molecule has 1 aromatic carbocycles. The minimum absolute atomic E-state index is 0.127. The molecule has 3 nitrogen and oxygen atoms in total. The first kappa shape index (κ1) is 11.4. The van der Waals surface area contributed by atoms with E-state index in [1.807, 2.05) is 13.8 Å². The molecule has 0 heterocycles. The van der Waals surface area contributed by atoms with Gasteiger partial charge in [0.1, 0.15) is 5.75 Å². The average Bonchev–Trinajstić information content (AvgIpc) is 2.20. The number of benzene rings is 1. The van der Waals surface area contributed by atoms with Gasteiger partial charge in [0.25, 0.3) is 0 Å². The molecule has 0 saturated carbocycles. The molecule has 15 heavy (non-hydrogen) atoms. The van der Waals surface area contributed by atoms with Crippen molar-refractivity contribution in [1.82, 2.24) is 0 Å². The molecule has 80 valence electrons. The number of hydrogen-bond acceptors (Lipinski definition) is 3. The highest BCUT2D eigenvalue weighted by atomic mass is 16.5. The van der Waals surface area contributed by atoms with E-state index in [9.17, 15) is 9.59 Å². The highest BCUT2D eigenvalue weighted by molar-refractivity contribution is 6.03. The van der Waals surface area contributed by atoms with Crippen LogP contribution in [0.15, 0.2) is 12.1 Å². The van der Waals surface area contributed by atoms with Gasteiger partial charge in [0, 0.05) is 5.56 Å². The summed E-state index contributed by atoms with van der Waals surface area (Å²) in [6.07, 6.45) is 0.675. The smallest absolute Gasteiger partial charge is 0.160 e. The van der Waals surface area contributed by atoms with Crippen molar-refractivity contribution in [2.75, 3.05) is 6.61 Å². The van der Waals surface area contributed by atoms with Crippen molar-refractivity contribution in [3.8, 4) is 5.75 Å². The number of Topliss-reactive ketones (excluding diaryl/α,β-unsaturated/α-hetero) is 1. The molecule has 0 aliphatic rings. The zero-order valence-electron chi connectivity index (χ0n) is 9.16. The zero-order valence-corrected chi connectivity index (χ0v) is 9.16. The summed E-state index contributed by atoms with van der Waals surface area (Å²) in [6, 6.07) is 3.44. The van der Waals surface area contributed by atoms with Crippen molar-refractivity contribution in [3.05, 3.63) is 28.8 Å². The van der Waals surface area contributed by atoms with E-state index in [1.54, 1.807) is 12.1 Å². The largest absolute Gasteiger partial charge is 0.493 e. The lowest BCUT2D eigenvalue weighted by Crippen LogP contribution is -2.05. The molecule has 0 bridgehead atoms. The first-order valence-corrected chi connectivity index (χ1v) is 4.84. The van der Waals surface area contributed by atoms with Crippen molar-refractivity contribution >= 4 is 12.1 Å². The number of aldehydes is 1. The first-order chi connectivity index (χ1) is 7.11. The maximum Gasteiger partial charge on any atom is 0.160 e. The summed E-state index contributed by atoms with van der Waals surface area (Å²) in [5.41, 5.74) is 1.63. The van der Waals surface area contributed by atoms with Gasteiger partial charge in [-0.15, -0.1) is 0 Å². The minimum atomic E-state index is -0.127. The Morgan fingerprint density at radius 1 is 1.47 bits per heavy atom. The number of carbonyl (C=O) groups excluding carboxylic acids is 2. The van der Waals surface area contributed by atoms with Crippen molar-refractivity contribution in [1.29, 1.82) is 0 Å². The number of rotatable bonds is 4. The van der Waals surface area contributed by atoms with Gasteiger partial charge in [0.05, 0.1) is 12.2 Å². The molecular weight excluding hydrogens is 192 g/mol. The molecule has 0 aliphatic heterocycles. The van der Waals surface area contributed by atoms with E-state index < -0.39 is 0 Å². The summed E-state index contributed by atoms with van der Waals surface area (Å²) < 4.78 is 5.37. The highest BCUT2D eigenvalue weighted by Crippen LogP contribution is 2.25. The predicted molar refractivity (Wildman–Crippen MR) is 57.7 cm³/mol. The highest BCUT2D eigenvalue weighted by Gasteiger charge is 2.14. The zero-order chi connectivity index (χ0) is 11.4. The number of ether oxygens (including phenoxy) is 1. The Kier molecular flexibility index (Phi) is 3.61. The van der Waals surface area contributed by atoms with E-state index in [1.165, 1.54) is 6.92 Å². The fourth-order valence-electron chi connectivity index (χ4n) is 1.47. The second-order valence-corrected chi connectivity index (χ2v) is 3.28. The van der Waals surface area contributed by atoms with Gasteiger partial charge >= 0.3 is 0 Å². The third-order valence-corrected chi connectivity index (χ3v) is 2.18. The normalized spacial score (nSPS) is 9.80. The molecule has 0 unspecified atom stereocenters. The van der Waals surface area contributed by atoms with Gasteiger partial charge in [0.15, 0.2) is 12.1 Å². The molecule has 1 aromatic rings. The van der Waals surface area contributed by atoms with Crippen LogP contribution < -0.4 is 4.74 Å². The quantitative estimate of drug-likeness (QED) is 0.561. The van der Waals surface area contributed by atoms with Crippen molar-refractivity contribution in [2.24, 2.45) is 0 Å². The molecule has 0 N–H and O–H groups in total. The standard InChI is InChI=1S/C12H14O3/c1-4-15-12-8(2)5-6-10(9(3)14)11(12)7-13/h5-7H,4H2,1-3H3. The van der Waals surface area contributed by atoms with Gasteiger partial charge < -0.3 is 4.74 Å². The number of hydrogen-bond donors (Lipinski definition) is 0. The van der Waals surface area contributed by atoms with Crippen LogP contribution in [0.3, 0.4) is 0 Å². The summed E-state index contributed by atoms with van der Waals surface area (Å²) in [7, 11) is 0. The fourth-order valence-corrected chi connectivity index (χ4v) is 1.47. The second-order valence-electron chi connectivity index (χ2n) is 3.28. The van der Waals surface area contributed by atoms with Gasteiger partial charge in [-0.1, -0.05) is 12.1 Å². The van der Waals surface area contributed by atoms with Gasteiger partial charge in [-0.3, -0.25) is 9.59 Å². The van der Waals surface area contributed by atoms with Crippen LogP contribution in [0.1, 0.15) is 40.1 Å². The van der Waals surface area contributed by atoms with Crippen LogP contribution in [0.25, 0.3) is 0 Å². The van der Waals surface area contributed by atoms with Crippen LogP contribution in [0.5, 0.6) is 5.75 Å². The maximum absolute atomic E-state index is 11.3. The van der Waals surface area contributed by atoms with Crippen LogP contribution >= 0.6 is 0 Å². The Morgan fingerprint density at radius 3 is 2.60 bits per heavy atom. The lowest BCUT2D eigenvalue weighted by Gasteiger charge is -2.11. The molecule has 0 spiro atoms. The van der Waals surface area contributed by atoms with Crippen LogP contribution in [0.2, 0.25) is 0 Å². The Balaban J connectivity index is 3.39. The van der Waals surface area contributed by atoms with Crippen molar-refractivity contribution in [2.45, 2.75) is 20.8 Å². The predicted octanol–water partition coefficient (Wildman–Crippen LogP) is 2.41. The molecule has 0 aromatic heterocycles. The van der Waals surface area contributed by atoms with E-state index in [-0.39, 0.29) is 5.78 Å². The van der Waals surface area contributed by atoms with Crippen LogP contribution in [0.4, 0.5) is 0 Å². The molecule has 3 heteroatoms. The van der Waals surface area contributed by atoms with Crippen molar-refractivity contribution < 1.29 is 14.3 Å². The first-order valence-electron chi connectivity index (χ1n) is 4.84. The third-order valence-electron chi connectivity index (χ3n) is 2.18. The number of ketones is 1. The third kappa shape index (κ3) is 2.24. The van der Waals surface area contributed by atoms with Crippen LogP contribution in [-0.2, 0) is 0 Å². The fraction of sp³-hybridized carbons (Fsp3) is 0.333. The summed E-state index contributed by atoms with van der Waals surface area (Å²) in [5.74, 6) is 0.387. The van der Waals surface area contributed by atoms with Crippen LogP contribution in [-0.4, -0.2) is 18.7 Å². The van der Waals surface area contributed by atoms with E-state index in [0.717, 1.165) is 5.56 Å². The van der Waals surface area contributed by atoms with Crippen LogP contribution in [0, 0.1) is 6.92 Å². The number of aryl methyl sites for hydroxylation is 1. The topological polar surface area (TPSA) is 43.4 Å². The van der Waals surface area contributed by atoms with Gasteiger partial charge in [-0.05, 0) is 26.3 Å². The number of carbonyl (C=O) groups is 2. The maximum atomic E-state index is 11.3. The SMILES string of the molecule is CCOc1c(C)ccc(C(C)=O)c1C=O. The lowest BCUT2D eigenvalue weighted by molar-refractivity contribution is 0.100. The summed E-state index contributed by atoms with van der Waals surface area (Å²) in [4.78, 5) is 22.2. The molecular formula is C12H14O3. The molecule has 0 fully saturated rings. The molecule has 0 aliphatic carbocycles. The summed E-state index contributed by atoms with van der Waals surface area (Å²) in [6.45, 7) is 5.60. The molecule has 0 saturated heterocycles. The summed E-state index contributed by atoms with van der Waals surface area (Å²) >= 11 is 0. The lowest BCUT2D eigenvalue weighted by atomic mass is 10.0. The van der Waals surface area contributed by atoms with E-state index in [0.29, 0.717) is 29.8 Å². The van der Waals surface area contributed by atoms with Crippen molar-refractivity contribution in [3.63, 3.8) is 0 Å². The van der Waals surface area contributed by atoms with Gasteiger partial charge in [0.2, 0.25) is 0 Å². The second kappa shape index (κ2) is 4.73. The Labute approximate surface area is 89.1 Å².